The van der Waals surface area contributed by atoms with Crippen LogP contribution in [-0.2, 0) is 21.2 Å². The van der Waals surface area contributed by atoms with Crippen LogP contribution in [0.5, 0.6) is 0 Å². The Morgan fingerprint density at radius 3 is 2.24 bits per heavy atom. The highest BCUT2D eigenvalue weighted by Gasteiger charge is 2.24. The second-order valence-corrected chi connectivity index (χ2v) is 7.49. The number of nitrogens with one attached hydrogen (secondary N) is 1. The van der Waals surface area contributed by atoms with Crippen molar-refractivity contribution in [3.05, 3.63) is 78.4 Å². The molecule has 5 nitrogen and oxygen atoms in total. The lowest BCUT2D eigenvalue weighted by Gasteiger charge is -2.16. The molecule has 1 unspecified atom stereocenters. The summed E-state index contributed by atoms with van der Waals surface area (Å²) in [6.45, 7) is 0. The molecule has 0 saturated heterocycles. The third kappa shape index (κ3) is 4.04. The Labute approximate surface area is 146 Å². The van der Waals surface area contributed by atoms with Crippen LogP contribution in [0.1, 0.15) is 5.56 Å². The maximum atomic E-state index is 12.7. The molecule has 0 bridgehead atoms. The van der Waals surface area contributed by atoms with E-state index < -0.39 is 22.0 Å². The molecule has 0 saturated carbocycles. The summed E-state index contributed by atoms with van der Waals surface area (Å²) in [4.78, 5) is 11.8. The molecule has 128 valence electrons. The van der Waals surface area contributed by atoms with Crippen LogP contribution in [0.25, 0.3) is 10.8 Å². The number of hydrogen-bond donors (Lipinski definition) is 2. The van der Waals surface area contributed by atoms with Gasteiger partial charge < -0.3 is 5.73 Å². The SMILES string of the molecule is NC(=O)C(Cc1ccccc1)NS(=O)(=O)c1ccc2ccccc2c1. The van der Waals surface area contributed by atoms with Gasteiger partial charge in [-0.2, -0.15) is 4.72 Å². The maximum Gasteiger partial charge on any atom is 0.241 e. The molecule has 6 heteroatoms. The van der Waals surface area contributed by atoms with Gasteiger partial charge in [-0.05, 0) is 34.9 Å². The smallest absolute Gasteiger partial charge is 0.241 e. The van der Waals surface area contributed by atoms with Crippen molar-refractivity contribution in [2.24, 2.45) is 5.73 Å². The first-order valence-electron chi connectivity index (χ1n) is 7.80. The minimum Gasteiger partial charge on any atom is -0.368 e. The maximum absolute atomic E-state index is 12.7. The van der Waals surface area contributed by atoms with E-state index >= 15 is 0 Å². The molecule has 3 aromatic rings. The number of primary amides is 1. The molecular formula is C19H18N2O3S. The lowest BCUT2D eigenvalue weighted by atomic mass is 10.1. The largest absolute Gasteiger partial charge is 0.368 e. The van der Waals surface area contributed by atoms with E-state index in [1.54, 1.807) is 12.1 Å². The Balaban J connectivity index is 1.87. The molecule has 0 radical (unpaired) electrons. The van der Waals surface area contributed by atoms with Gasteiger partial charge in [0.05, 0.1) is 4.90 Å². The number of hydrogen-bond acceptors (Lipinski definition) is 3. The van der Waals surface area contributed by atoms with Crippen LogP contribution >= 0.6 is 0 Å². The average Bonchev–Trinajstić information content (AvgIpc) is 2.61. The lowest BCUT2D eigenvalue weighted by Crippen LogP contribution is -2.45. The minimum atomic E-state index is -3.87. The molecule has 0 fully saturated rings. The Morgan fingerprint density at radius 2 is 1.56 bits per heavy atom. The Bertz CT molecular complexity index is 1000. The van der Waals surface area contributed by atoms with Gasteiger partial charge in [0.1, 0.15) is 6.04 Å². The number of carbonyl (C=O) groups is 1. The van der Waals surface area contributed by atoms with Crippen molar-refractivity contribution < 1.29 is 13.2 Å². The number of sulfonamides is 1. The summed E-state index contributed by atoms with van der Waals surface area (Å²) in [7, 11) is -3.87. The molecule has 0 aliphatic carbocycles. The van der Waals surface area contributed by atoms with Gasteiger partial charge in [-0.3, -0.25) is 4.79 Å². The molecule has 0 aliphatic rings. The highest BCUT2D eigenvalue weighted by atomic mass is 32.2. The summed E-state index contributed by atoms with van der Waals surface area (Å²) in [5.74, 6) is -0.715. The molecule has 0 aromatic heterocycles. The van der Waals surface area contributed by atoms with Crippen LogP contribution in [0.4, 0.5) is 0 Å². The summed E-state index contributed by atoms with van der Waals surface area (Å²) in [6.07, 6.45) is 0.197. The monoisotopic (exact) mass is 354 g/mol. The Hall–Kier alpha value is -2.70. The summed E-state index contributed by atoms with van der Waals surface area (Å²) in [5, 5.41) is 1.75. The van der Waals surface area contributed by atoms with Crippen molar-refractivity contribution in [2.75, 3.05) is 0 Å². The van der Waals surface area contributed by atoms with Crippen LogP contribution in [0.3, 0.4) is 0 Å². The van der Waals surface area contributed by atoms with Gasteiger partial charge in [0.15, 0.2) is 0 Å². The zero-order valence-corrected chi connectivity index (χ0v) is 14.2. The van der Waals surface area contributed by atoms with Gasteiger partial charge in [-0.25, -0.2) is 8.42 Å². The second kappa shape index (κ2) is 7.04. The molecule has 3 N–H and O–H groups in total. The predicted molar refractivity (Wildman–Crippen MR) is 97.4 cm³/mol. The number of carbonyl (C=O) groups excluding carboxylic acids is 1. The van der Waals surface area contributed by atoms with Crippen LogP contribution in [0.15, 0.2) is 77.7 Å². The summed E-state index contributed by atoms with van der Waals surface area (Å²) < 4.78 is 27.7. The van der Waals surface area contributed by atoms with Gasteiger partial charge in [-0.1, -0.05) is 60.7 Å². The van der Waals surface area contributed by atoms with E-state index in [-0.39, 0.29) is 11.3 Å². The topological polar surface area (TPSA) is 89.3 Å². The normalized spacial score (nSPS) is 12.8. The predicted octanol–water partition coefficient (Wildman–Crippen LogP) is 2.21. The standard InChI is InChI=1S/C19H18N2O3S/c20-19(22)18(12-14-6-2-1-3-7-14)21-25(23,24)17-11-10-15-8-4-5-9-16(15)13-17/h1-11,13,18,21H,12H2,(H2,20,22). The molecule has 0 heterocycles. The van der Waals surface area contributed by atoms with Crippen LogP contribution < -0.4 is 10.5 Å². The minimum absolute atomic E-state index is 0.102. The van der Waals surface area contributed by atoms with Gasteiger partial charge in [0, 0.05) is 0 Å². The average molecular weight is 354 g/mol. The molecule has 0 aliphatic heterocycles. The summed E-state index contributed by atoms with van der Waals surface area (Å²) in [5.41, 5.74) is 6.22. The fourth-order valence-electron chi connectivity index (χ4n) is 2.64. The fourth-order valence-corrected chi connectivity index (χ4v) is 3.88. The number of nitrogens with two attached hydrogens (primary N) is 1. The molecule has 0 spiro atoms. The third-order valence-electron chi connectivity index (χ3n) is 3.95. The highest BCUT2D eigenvalue weighted by Crippen LogP contribution is 2.19. The van der Waals surface area contributed by atoms with E-state index in [1.165, 1.54) is 6.07 Å². The van der Waals surface area contributed by atoms with E-state index in [0.29, 0.717) is 0 Å². The van der Waals surface area contributed by atoms with E-state index in [2.05, 4.69) is 4.72 Å². The summed E-state index contributed by atoms with van der Waals surface area (Å²) in [6, 6.07) is 20.4. The molecule has 1 atom stereocenters. The summed E-state index contributed by atoms with van der Waals surface area (Å²) >= 11 is 0. The number of rotatable bonds is 6. The molecule has 3 rings (SSSR count). The fraction of sp³-hybridized carbons (Fsp3) is 0.105. The van der Waals surface area contributed by atoms with Crippen molar-refractivity contribution in [1.82, 2.24) is 4.72 Å². The van der Waals surface area contributed by atoms with Crippen LogP contribution in [0.2, 0.25) is 0 Å². The van der Waals surface area contributed by atoms with E-state index in [4.69, 9.17) is 5.73 Å². The number of benzene rings is 3. The first-order chi connectivity index (χ1) is 12.0. The highest BCUT2D eigenvalue weighted by molar-refractivity contribution is 7.89. The van der Waals surface area contributed by atoms with Gasteiger partial charge in [0.25, 0.3) is 0 Å². The Kier molecular flexibility index (Phi) is 4.83. The molecule has 3 aromatic carbocycles. The van der Waals surface area contributed by atoms with Crippen LogP contribution in [0, 0.1) is 0 Å². The second-order valence-electron chi connectivity index (χ2n) is 5.77. The quantitative estimate of drug-likeness (QED) is 0.711. The zero-order chi connectivity index (χ0) is 17.9. The van der Waals surface area contributed by atoms with Gasteiger partial charge >= 0.3 is 0 Å². The van der Waals surface area contributed by atoms with Crippen molar-refractivity contribution in [3.63, 3.8) is 0 Å². The first-order valence-corrected chi connectivity index (χ1v) is 9.28. The van der Waals surface area contributed by atoms with Crippen LogP contribution in [-0.4, -0.2) is 20.4 Å². The number of fused-ring (bicyclic) bond motifs is 1. The lowest BCUT2D eigenvalue weighted by molar-refractivity contribution is -0.119. The zero-order valence-electron chi connectivity index (χ0n) is 13.4. The Morgan fingerprint density at radius 1 is 0.920 bits per heavy atom. The molecule has 25 heavy (non-hydrogen) atoms. The van der Waals surface area contributed by atoms with Crippen molar-refractivity contribution >= 4 is 26.7 Å². The van der Waals surface area contributed by atoms with Crippen molar-refractivity contribution in [3.8, 4) is 0 Å². The first kappa shape index (κ1) is 17.1. The molecule has 1 amide bonds. The van der Waals surface area contributed by atoms with E-state index in [1.807, 2.05) is 54.6 Å². The van der Waals surface area contributed by atoms with E-state index in [0.717, 1.165) is 16.3 Å². The van der Waals surface area contributed by atoms with Gasteiger partial charge in [-0.15, -0.1) is 0 Å². The number of amides is 1. The van der Waals surface area contributed by atoms with Gasteiger partial charge in [0.2, 0.25) is 15.9 Å². The molecular weight excluding hydrogens is 336 g/mol. The van der Waals surface area contributed by atoms with Crippen molar-refractivity contribution in [1.29, 1.82) is 0 Å². The third-order valence-corrected chi connectivity index (χ3v) is 5.42. The van der Waals surface area contributed by atoms with E-state index in [9.17, 15) is 13.2 Å². The van der Waals surface area contributed by atoms with Crippen molar-refractivity contribution in [2.45, 2.75) is 17.4 Å².